The second kappa shape index (κ2) is 7.45. The first-order chi connectivity index (χ1) is 13.6. The van der Waals surface area contributed by atoms with E-state index in [-0.39, 0.29) is 22.0 Å². The Bertz CT molecular complexity index is 1120. The van der Waals surface area contributed by atoms with Crippen molar-refractivity contribution in [3.63, 3.8) is 0 Å². The molecule has 1 atom stereocenters. The maximum Gasteiger partial charge on any atom is 0.186 e. The summed E-state index contributed by atoms with van der Waals surface area (Å²) < 4.78 is 28.0. The summed E-state index contributed by atoms with van der Waals surface area (Å²) in [5.41, 5.74) is 2.41. The van der Waals surface area contributed by atoms with Crippen LogP contribution >= 0.6 is 11.3 Å². The Kier molecular flexibility index (Phi) is 4.84. The second-order valence-electron chi connectivity index (χ2n) is 6.45. The predicted molar refractivity (Wildman–Crippen MR) is 104 cm³/mol. The van der Waals surface area contributed by atoms with Gasteiger partial charge >= 0.3 is 0 Å². The summed E-state index contributed by atoms with van der Waals surface area (Å²) in [5, 5.41) is 11.3. The van der Waals surface area contributed by atoms with Crippen LogP contribution < -0.4 is 0 Å². The average Bonchev–Trinajstić information content (AvgIpc) is 3.17. The Balaban J connectivity index is 1.67. The van der Waals surface area contributed by atoms with E-state index in [9.17, 15) is 18.8 Å². The van der Waals surface area contributed by atoms with Gasteiger partial charge in [-0.1, -0.05) is 30.4 Å². The van der Waals surface area contributed by atoms with Gasteiger partial charge in [0, 0.05) is 10.9 Å². The molecule has 0 amide bonds. The molecule has 1 unspecified atom stereocenters. The third kappa shape index (κ3) is 3.25. The van der Waals surface area contributed by atoms with Crippen LogP contribution in [0.25, 0.3) is 17.3 Å². The molecule has 2 aromatic carbocycles. The van der Waals surface area contributed by atoms with E-state index in [1.165, 1.54) is 11.4 Å². The number of aryl methyl sites for hydroxylation is 1. The fourth-order valence-corrected chi connectivity index (χ4v) is 4.11. The zero-order chi connectivity index (χ0) is 19.7. The van der Waals surface area contributed by atoms with Crippen LogP contribution in [0.5, 0.6) is 0 Å². The maximum absolute atomic E-state index is 14.0. The Morgan fingerprint density at radius 1 is 1.21 bits per heavy atom. The lowest BCUT2D eigenvalue weighted by atomic mass is 9.91. The molecular formula is C22H14F2N2OS. The van der Waals surface area contributed by atoms with Crippen molar-refractivity contribution in [2.45, 2.75) is 18.8 Å². The summed E-state index contributed by atoms with van der Waals surface area (Å²) in [6.07, 6.45) is 5.86. The molecular weight excluding hydrogens is 378 g/mol. The molecule has 0 saturated carbocycles. The van der Waals surface area contributed by atoms with Crippen LogP contribution in [0.15, 0.2) is 47.9 Å². The molecule has 0 N–H and O–H groups in total. The van der Waals surface area contributed by atoms with Gasteiger partial charge in [-0.15, -0.1) is 11.3 Å². The van der Waals surface area contributed by atoms with Crippen molar-refractivity contribution in [2.75, 3.05) is 0 Å². The molecule has 0 saturated heterocycles. The minimum atomic E-state index is -1.12. The molecule has 0 aliphatic heterocycles. The summed E-state index contributed by atoms with van der Waals surface area (Å²) in [6.45, 7) is 0. The molecule has 1 aromatic heterocycles. The molecule has 1 heterocycles. The normalized spacial score (nSPS) is 13.6. The van der Waals surface area contributed by atoms with E-state index >= 15 is 0 Å². The Hall–Kier alpha value is -3.17. The molecule has 0 bridgehead atoms. The average molecular weight is 392 g/mol. The van der Waals surface area contributed by atoms with Gasteiger partial charge in [-0.2, -0.15) is 5.26 Å². The fraction of sp³-hybridized carbons (Fsp3) is 0.136. The molecule has 1 aliphatic carbocycles. The minimum Gasteiger partial charge on any atom is -0.292 e. The monoisotopic (exact) mass is 392 g/mol. The highest BCUT2D eigenvalue weighted by Crippen LogP contribution is 2.32. The minimum absolute atomic E-state index is 0.0826. The van der Waals surface area contributed by atoms with Crippen molar-refractivity contribution < 1.29 is 13.6 Å². The Morgan fingerprint density at radius 3 is 2.75 bits per heavy atom. The van der Waals surface area contributed by atoms with Crippen LogP contribution in [-0.4, -0.2) is 10.8 Å². The van der Waals surface area contributed by atoms with Crippen molar-refractivity contribution in [1.82, 2.24) is 4.98 Å². The van der Waals surface area contributed by atoms with Crippen molar-refractivity contribution in [1.29, 1.82) is 5.26 Å². The molecule has 4 rings (SSSR count). The first-order valence-corrected chi connectivity index (χ1v) is 9.59. The number of hydrogen-bond acceptors (Lipinski definition) is 4. The number of hydrogen-bond donors (Lipinski definition) is 0. The molecule has 6 heteroatoms. The summed E-state index contributed by atoms with van der Waals surface area (Å²) >= 11 is 1.05. The van der Waals surface area contributed by atoms with E-state index < -0.39 is 17.6 Å². The highest BCUT2D eigenvalue weighted by atomic mass is 32.1. The number of aromatic nitrogens is 1. The van der Waals surface area contributed by atoms with E-state index in [1.54, 1.807) is 6.07 Å². The SMILES string of the molecule is N#CC(C(=O)c1ccc2c(c1)CCC=C2)c1nc(-c2c(F)cccc2F)cs1. The number of allylic oxidation sites excluding steroid dienone is 1. The molecule has 3 nitrogen and oxygen atoms in total. The number of rotatable bonds is 4. The van der Waals surface area contributed by atoms with E-state index in [2.05, 4.69) is 11.1 Å². The number of nitrogens with zero attached hydrogens (tertiary/aromatic N) is 2. The van der Waals surface area contributed by atoms with Gasteiger partial charge in [0.15, 0.2) is 11.7 Å². The van der Waals surface area contributed by atoms with Crippen LogP contribution in [0.3, 0.4) is 0 Å². The molecule has 1 aliphatic rings. The number of carbonyl (C=O) groups excluding carboxylic acids is 1. The molecule has 0 radical (unpaired) electrons. The quantitative estimate of drug-likeness (QED) is 0.548. The largest absolute Gasteiger partial charge is 0.292 e. The first kappa shape index (κ1) is 18.2. The lowest BCUT2D eigenvalue weighted by Gasteiger charge is -2.12. The Morgan fingerprint density at radius 2 is 2.00 bits per heavy atom. The number of fused-ring (bicyclic) bond motifs is 1. The number of thiazole rings is 1. The standard InChI is InChI=1S/C22H14F2N2OS/c23-17-6-3-7-18(24)20(17)19-12-28-22(26-19)16(11-25)21(27)15-9-8-13-4-1-2-5-14(13)10-15/h1,3-4,6-10,12,16H,2,5H2. The third-order valence-electron chi connectivity index (χ3n) is 4.68. The molecule has 0 fully saturated rings. The van der Waals surface area contributed by atoms with Crippen LogP contribution in [-0.2, 0) is 6.42 Å². The van der Waals surface area contributed by atoms with Gasteiger partial charge in [0.2, 0.25) is 0 Å². The highest BCUT2D eigenvalue weighted by Gasteiger charge is 2.26. The van der Waals surface area contributed by atoms with Gasteiger partial charge < -0.3 is 0 Å². The number of benzene rings is 2. The van der Waals surface area contributed by atoms with Gasteiger partial charge in [0.05, 0.1) is 17.3 Å². The van der Waals surface area contributed by atoms with Crippen LogP contribution in [0, 0.1) is 23.0 Å². The molecule has 3 aromatic rings. The van der Waals surface area contributed by atoms with Crippen LogP contribution in [0.4, 0.5) is 8.78 Å². The summed E-state index contributed by atoms with van der Waals surface area (Å²) in [7, 11) is 0. The third-order valence-corrected chi connectivity index (χ3v) is 5.59. The van der Waals surface area contributed by atoms with Crippen molar-refractivity contribution in [2.24, 2.45) is 0 Å². The van der Waals surface area contributed by atoms with Crippen LogP contribution in [0.2, 0.25) is 0 Å². The van der Waals surface area contributed by atoms with E-state index in [0.717, 1.165) is 47.4 Å². The lowest BCUT2D eigenvalue weighted by Crippen LogP contribution is -2.12. The van der Waals surface area contributed by atoms with Gasteiger partial charge in [-0.05, 0) is 42.2 Å². The van der Waals surface area contributed by atoms with Gasteiger partial charge in [0.1, 0.15) is 16.6 Å². The maximum atomic E-state index is 14.0. The van der Waals surface area contributed by atoms with Crippen molar-refractivity contribution >= 4 is 23.2 Å². The first-order valence-electron chi connectivity index (χ1n) is 8.71. The highest BCUT2D eigenvalue weighted by molar-refractivity contribution is 7.10. The summed E-state index contributed by atoms with van der Waals surface area (Å²) in [5.74, 6) is -2.96. The number of carbonyl (C=O) groups is 1. The number of nitriles is 1. The van der Waals surface area contributed by atoms with Crippen molar-refractivity contribution in [3.8, 4) is 17.3 Å². The zero-order valence-corrected chi connectivity index (χ0v) is 15.5. The molecule has 0 spiro atoms. The van der Waals surface area contributed by atoms with E-state index in [1.807, 2.05) is 24.3 Å². The smallest absolute Gasteiger partial charge is 0.186 e. The number of halogens is 2. The van der Waals surface area contributed by atoms with E-state index in [4.69, 9.17) is 0 Å². The second-order valence-corrected chi connectivity index (χ2v) is 7.34. The molecule has 138 valence electrons. The van der Waals surface area contributed by atoms with Crippen molar-refractivity contribution in [3.05, 3.63) is 81.2 Å². The zero-order valence-electron chi connectivity index (χ0n) is 14.7. The van der Waals surface area contributed by atoms with E-state index in [0.29, 0.717) is 5.56 Å². The number of Topliss-reactive ketones (excluding diaryl/α,β-unsaturated/α-hetero) is 1. The topological polar surface area (TPSA) is 53.8 Å². The van der Waals surface area contributed by atoms with Gasteiger partial charge in [0.25, 0.3) is 0 Å². The number of ketones is 1. The van der Waals surface area contributed by atoms with Gasteiger partial charge in [-0.3, -0.25) is 4.79 Å². The molecule has 28 heavy (non-hydrogen) atoms. The van der Waals surface area contributed by atoms with Crippen LogP contribution in [0.1, 0.15) is 38.8 Å². The van der Waals surface area contributed by atoms with Gasteiger partial charge in [-0.25, -0.2) is 13.8 Å². The fourth-order valence-electron chi connectivity index (χ4n) is 3.26. The predicted octanol–water partition coefficient (Wildman–Crippen LogP) is 5.54. The Labute approximate surface area is 164 Å². The summed E-state index contributed by atoms with van der Waals surface area (Å²) in [6, 6.07) is 10.9. The lowest BCUT2D eigenvalue weighted by molar-refractivity contribution is 0.0978. The summed E-state index contributed by atoms with van der Waals surface area (Å²) in [4.78, 5) is 17.1.